The van der Waals surface area contributed by atoms with Crippen LogP contribution < -0.4 is 10.1 Å². The van der Waals surface area contributed by atoms with Gasteiger partial charge in [-0.15, -0.1) is 0 Å². The molecule has 1 aromatic heterocycles. The molecule has 1 unspecified atom stereocenters. The molecule has 1 atom stereocenters. The summed E-state index contributed by atoms with van der Waals surface area (Å²) in [5, 5.41) is 18.9. The van der Waals surface area contributed by atoms with Crippen molar-refractivity contribution < 1.29 is 33.6 Å². The number of esters is 1. The highest BCUT2D eigenvalue weighted by molar-refractivity contribution is 8.26. The zero-order valence-electron chi connectivity index (χ0n) is 14.6. The molecule has 0 aliphatic carbocycles. The summed E-state index contributed by atoms with van der Waals surface area (Å²) in [6.45, 7) is 2.79. The molecule has 9 nitrogen and oxygen atoms in total. The number of aryl methyl sites for hydroxylation is 1. The van der Waals surface area contributed by atoms with Crippen LogP contribution in [0.25, 0.3) is 6.08 Å². The fourth-order valence-corrected chi connectivity index (χ4v) is 3.10. The summed E-state index contributed by atoms with van der Waals surface area (Å²) in [7, 11) is 0.470. The Morgan fingerprint density at radius 2 is 2.19 bits per heavy atom. The lowest BCUT2D eigenvalue weighted by Crippen LogP contribution is -2.23. The van der Waals surface area contributed by atoms with Crippen molar-refractivity contribution in [2.45, 2.75) is 26.6 Å². The smallest absolute Gasteiger partial charge is 0.340 e. The molecule has 0 saturated carbocycles. The minimum absolute atomic E-state index is 0.0771. The first-order valence-electron chi connectivity index (χ1n) is 7.36. The summed E-state index contributed by atoms with van der Waals surface area (Å²) in [6, 6.07) is 0. The minimum atomic E-state index is -1.34. The van der Waals surface area contributed by atoms with Crippen molar-refractivity contribution in [3.05, 3.63) is 27.9 Å². The third kappa shape index (κ3) is 6.42. The van der Waals surface area contributed by atoms with Gasteiger partial charge in [0.2, 0.25) is 0 Å². The Bertz CT molecular complexity index is 784. The number of thiocarbonyl (C=S) groups is 1. The van der Waals surface area contributed by atoms with Crippen LogP contribution in [0.2, 0.25) is 0 Å². The maximum Gasteiger partial charge on any atom is 0.340 e. The van der Waals surface area contributed by atoms with Gasteiger partial charge in [-0.3, -0.25) is 14.3 Å². The molecule has 2 rings (SSSR count). The average Bonchev–Trinajstić information content (AvgIpc) is 2.95. The predicted octanol–water partition coefficient (Wildman–Crippen LogP) is 1.50. The first-order chi connectivity index (χ1) is 12.8. The highest BCUT2D eigenvalue weighted by Crippen LogP contribution is 2.33. The topological polar surface area (TPSA) is 135 Å². The van der Waals surface area contributed by atoms with Crippen LogP contribution in [-0.4, -0.2) is 44.6 Å². The number of rotatable bonds is 6. The van der Waals surface area contributed by atoms with E-state index in [1.807, 2.05) is 0 Å². The molecule has 27 heavy (non-hydrogen) atoms. The predicted molar refractivity (Wildman–Crippen MR) is 103 cm³/mol. The molecule has 0 bridgehead atoms. The van der Waals surface area contributed by atoms with Gasteiger partial charge in [0.25, 0.3) is 5.91 Å². The maximum absolute atomic E-state index is 11.9. The number of carbonyl (C=O) groups excluding carboxylic acids is 2. The summed E-state index contributed by atoms with van der Waals surface area (Å²) in [4.78, 5) is 28.1. The van der Waals surface area contributed by atoms with Gasteiger partial charge >= 0.3 is 14.7 Å². The van der Waals surface area contributed by atoms with Gasteiger partial charge in [0.05, 0.1) is 17.2 Å². The lowest BCUT2D eigenvalue weighted by Gasteiger charge is -2.14. The number of nitrogens with one attached hydrogen (secondary N) is 1. The molecule has 0 aromatic carbocycles. The number of pyridine rings is 1. The fraction of sp³-hybridized carbons (Fsp3) is 0.333. The van der Waals surface area contributed by atoms with Gasteiger partial charge < -0.3 is 20.3 Å². The molecule has 2 heterocycles. The Morgan fingerprint density at radius 3 is 2.70 bits per heavy atom. The van der Waals surface area contributed by atoms with Crippen molar-refractivity contribution in [2.24, 2.45) is 0 Å². The quantitative estimate of drug-likeness (QED) is 0.263. The summed E-state index contributed by atoms with van der Waals surface area (Å²) in [5.74, 6) is -1.18. The number of carbonyl (C=O) groups is 2. The third-order valence-electron chi connectivity index (χ3n) is 3.07. The standard InChI is InChI=1S/C14H13N2O6PS2.CH4O/c1-6-11(22-13(19)7(2)17)9(8(4-15-6)5-21-23-20)3-10-12(18)16-14(24)25-10;1-2/h3-4,7,17H,5H2,1-2H3,(H,16,18,24);2H,1H3/b10-3-;. The van der Waals surface area contributed by atoms with Crippen molar-refractivity contribution in [3.63, 3.8) is 0 Å². The highest BCUT2D eigenvalue weighted by Gasteiger charge is 2.25. The molecule has 146 valence electrons. The lowest BCUT2D eigenvalue weighted by atomic mass is 10.1. The molecule has 0 spiro atoms. The molecule has 1 aliphatic rings. The Labute approximate surface area is 166 Å². The Kier molecular flexibility index (Phi) is 9.64. The van der Waals surface area contributed by atoms with E-state index >= 15 is 0 Å². The molecule has 1 amide bonds. The van der Waals surface area contributed by atoms with Crippen LogP contribution in [0.4, 0.5) is 0 Å². The van der Waals surface area contributed by atoms with Gasteiger partial charge in [-0.2, -0.15) is 0 Å². The molecular formula is C15H17N2O7PS2. The van der Waals surface area contributed by atoms with Crippen LogP contribution in [-0.2, 0) is 25.3 Å². The van der Waals surface area contributed by atoms with Gasteiger partial charge in [0, 0.05) is 24.4 Å². The molecule has 12 heteroatoms. The highest BCUT2D eigenvalue weighted by atomic mass is 32.2. The zero-order valence-corrected chi connectivity index (χ0v) is 17.1. The van der Waals surface area contributed by atoms with E-state index in [1.165, 1.54) is 19.2 Å². The Balaban J connectivity index is 0.00000176. The number of aliphatic hydroxyl groups is 2. The molecule has 3 N–H and O–H groups in total. The van der Waals surface area contributed by atoms with Crippen molar-refractivity contribution in [1.29, 1.82) is 0 Å². The number of ether oxygens (including phenoxy) is 1. The van der Waals surface area contributed by atoms with Gasteiger partial charge in [0.15, 0.2) is 5.75 Å². The Morgan fingerprint density at radius 1 is 1.52 bits per heavy atom. The number of aliphatic hydroxyl groups excluding tert-OH is 2. The van der Waals surface area contributed by atoms with Crippen molar-refractivity contribution in [1.82, 2.24) is 10.3 Å². The Hall–Kier alpha value is -1.75. The van der Waals surface area contributed by atoms with E-state index in [1.54, 1.807) is 6.92 Å². The third-order valence-corrected chi connectivity index (χ3v) is 4.46. The second-order valence-corrected chi connectivity index (χ2v) is 7.04. The molecule has 1 fully saturated rings. The van der Waals surface area contributed by atoms with Gasteiger partial charge in [-0.05, 0) is 19.9 Å². The van der Waals surface area contributed by atoms with Crippen molar-refractivity contribution in [3.8, 4) is 5.75 Å². The number of thioether (sulfide) groups is 1. The van der Waals surface area contributed by atoms with Crippen LogP contribution in [0.3, 0.4) is 0 Å². The molecule has 1 saturated heterocycles. The normalized spacial score (nSPS) is 16.0. The monoisotopic (exact) mass is 432 g/mol. The number of hydrogen-bond acceptors (Lipinski definition) is 10. The summed E-state index contributed by atoms with van der Waals surface area (Å²) >= 11 is 6.01. The largest absolute Gasteiger partial charge is 0.422 e. The molecule has 1 aliphatic heterocycles. The van der Waals surface area contributed by atoms with Crippen LogP contribution >= 0.6 is 32.7 Å². The van der Waals surface area contributed by atoms with E-state index in [9.17, 15) is 19.3 Å². The molecule has 0 radical (unpaired) electrons. The van der Waals surface area contributed by atoms with E-state index in [0.717, 1.165) is 18.9 Å². The van der Waals surface area contributed by atoms with E-state index in [0.29, 0.717) is 26.0 Å². The van der Waals surface area contributed by atoms with E-state index in [4.69, 9.17) is 26.6 Å². The summed E-state index contributed by atoms with van der Waals surface area (Å²) in [6.07, 6.45) is 1.61. The lowest BCUT2D eigenvalue weighted by molar-refractivity contribution is -0.142. The van der Waals surface area contributed by atoms with Crippen molar-refractivity contribution in [2.75, 3.05) is 7.11 Å². The maximum atomic E-state index is 11.9. The number of nitrogens with zero attached hydrogens (tertiary/aromatic N) is 1. The van der Waals surface area contributed by atoms with Gasteiger partial charge in [-0.25, -0.2) is 9.36 Å². The van der Waals surface area contributed by atoms with Crippen LogP contribution in [0.1, 0.15) is 23.7 Å². The van der Waals surface area contributed by atoms with E-state index in [2.05, 4.69) is 10.3 Å². The zero-order chi connectivity index (χ0) is 20.6. The number of amides is 1. The van der Waals surface area contributed by atoms with Crippen LogP contribution in [0.5, 0.6) is 5.75 Å². The summed E-state index contributed by atoms with van der Waals surface area (Å²) < 4.78 is 21.0. The van der Waals surface area contributed by atoms with E-state index < -0.39 is 20.8 Å². The second kappa shape index (κ2) is 11.2. The summed E-state index contributed by atoms with van der Waals surface area (Å²) in [5.41, 5.74) is 1.17. The van der Waals surface area contributed by atoms with Gasteiger partial charge in [-0.1, -0.05) is 24.0 Å². The average molecular weight is 432 g/mol. The number of hydrogen-bond donors (Lipinski definition) is 3. The minimum Gasteiger partial charge on any atom is -0.422 e. The molecular weight excluding hydrogens is 415 g/mol. The number of aromatic nitrogens is 1. The molecule has 1 aromatic rings. The van der Waals surface area contributed by atoms with E-state index in [-0.39, 0.29) is 18.3 Å². The van der Waals surface area contributed by atoms with Crippen LogP contribution in [0.15, 0.2) is 11.1 Å². The van der Waals surface area contributed by atoms with Crippen LogP contribution in [0, 0.1) is 6.92 Å². The first kappa shape index (κ1) is 23.3. The first-order valence-corrected chi connectivity index (χ1v) is 9.31. The van der Waals surface area contributed by atoms with Gasteiger partial charge in [0.1, 0.15) is 10.4 Å². The van der Waals surface area contributed by atoms with Crippen molar-refractivity contribution >= 4 is 54.9 Å². The SMILES string of the molecule is CO.Cc1ncc(COP=O)c(/C=C2\SC(=S)NC2=O)c1OC(=O)C(C)O. The second-order valence-electron chi connectivity index (χ2n) is 4.91. The fourth-order valence-electron chi connectivity index (χ4n) is 1.88.